The number of anilines is 1. The Morgan fingerprint density at radius 2 is 1.93 bits per heavy atom. The molecule has 0 spiro atoms. The highest BCUT2D eigenvalue weighted by Crippen LogP contribution is 2.31. The maximum atomic E-state index is 10.9. The minimum atomic E-state index is 0.735. The molecule has 0 amide bonds. The van der Waals surface area contributed by atoms with Gasteiger partial charge >= 0.3 is 0 Å². The van der Waals surface area contributed by atoms with Gasteiger partial charge in [-0.15, -0.1) is 11.3 Å². The third-order valence-corrected chi connectivity index (χ3v) is 3.34. The lowest BCUT2D eigenvalue weighted by molar-refractivity contribution is 0.112. The Hall–Kier alpha value is -1.61. The zero-order valence-electron chi connectivity index (χ0n) is 8.36. The van der Waals surface area contributed by atoms with Crippen molar-refractivity contribution in [3.8, 4) is 11.1 Å². The van der Waals surface area contributed by atoms with E-state index in [0.29, 0.717) is 0 Å². The van der Waals surface area contributed by atoms with Crippen LogP contribution in [0, 0.1) is 6.92 Å². The van der Waals surface area contributed by atoms with E-state index in [1.54, 1.807) is 0 Å². The molecule has 0 aliphatic rings. The van der Waals surface area contributed by atoms with Gasteiger partial charge < -0.3 is 5.73 Å². The maximum absolute atomic E-state index is 10.9. The molecule has 1 heterocycles. The Morgan fingerprint density at radius 3 is 2.53 bits per heavy atom. The summed E-state index contributed by atoms with van der Waals surface area (Å²) in [4.78, 5) is 11.6. The minimum absolute atomic E-state index is 0.735. The molecule has 0 saturated carbocycles. The van der Waals surface area contributed by atoms with E-state index in [0.717, 1.165) is 33.5 Å². The highest BCUT2D eigenvalue weighted by atomic mass is 32.1. The average molecular weight is 217 g/mol. The van der Waals surface area contributed by atoms with Gasteiger partial charge in [0, 0.05) is 11.3 Å². The van der Waals surface area contributed by atoms with E-state index in [1.807, 2.05) is 36.6 Å². The smallest absolute Gasteiger partial charge is 0.160 e. The summed E-state index contributed by atoms with van der Waals surface area (Å²) in [5, 5.41) is 2.00. The number of aldehydes is 1. The third kappa shape index (κ3) is 1.78. The van der Waals surface area contributed by atoms with Gasteiger partial charge in [0.2, 0.25) is 0 Å². The monoisotopic (exact) mass is 217 g/mol. The molecule has 0 radical (unpaired) electrons. The van der Waals surface area contributed by atoms with Crippen molar-refractivity contribution in [2.24, 2.45) is 0 Å². The fourth-order valence-corrected chi connectivity index (χ4v) is 2.44. The third-order valence-electron chi connectivity index (χ3n) is 2.31. The molecule has 76 valence electrons. The first-order valence-corrected chi connectivity index (χ1v) is 5.49. The van der Waals surface area contributed by atoms with Crippen LogP contribution in [0.5, 0.6) is 0 Å². The molecule has 2 aromatic rings. The van der Waals surface area contributed by atoms with Gasteiger partial charge in [-0.3, -0.25) is 4.79 Å². The largest absolute Gasteiger partial charge is 0.399 e. The molecule has 0 bridgehead atoms. The standard InChI is InChI=1S/C12H11NOS/c1-8-7-15-11(6-14)12(8)9-2-4-10(13)5-3-9/h2-7H,13H2,1H3. The number of carbonyl (C=O) groups excluding carboxylic acids is 1. The Balaban J connectivity index is 2.57. The Kier molecular flexibility index (Phi) is 2.56. The van der Waals surface area contributed by atoms with Crippen molar-refractivity contribution in [2.75, 3.05) is 5.73 Å². The normalized spacial score (nSPS) is 10.2. The summed E-state index contributed by atoms with van der Waals surface area (Å²) in [6.45, 7) is 2.01. The summed E-state index contributed by atoms with van der Waals surface area (Å²) in [5.41, 5.74) is 9.56. The van der Waals surface area contributed by atoms with Crippen molar-refractivity contribution < 1.29 is 4.79 Å². The minimum Gasteiger partial charge on any atom is -0.399 e. The first-order valence-electron chi connectivity index (χ1n) is 4.61. The lowest BCUT2D eigenvalue weighted by Crippen LogP contribution is -1.86. The number of thiophene rings is 1. The molecule has 0 aliphatic heterocycles. The lowest BCUT2D eigenvalue weighted by atomic mass is 10.0. The van der Waals surface area contributed by atoms with Crippen LogP contribution in [0.2, 0.25) is 0 Å². The van der Waals surface area contributed by atoms with E-state index in [2.05, 4.69) is 0 Å². The van der Waals surface area contributed by atoms with Crippen molar-refractivity contribution in [3.05, 3.63) is 40.1 Å². The summed E-state index contributed by atoms with van der Waals surface area (Å²) >= 11 is 1.48. The first-order chi connectivity index (χ1) is 7.22. The quantitative estimate of drug-likeness (QED) is 0.620. The summed E-state index contributed by atoms with van der Waals surface area (Å²) in [7, 11) is 0. The molecule has 2 N–H and O–H groups in total. The average Bonchev–Trinajstić information content (AvgIpc) is 2.61. The number of nitrogen functional groups attached to an aromatic ring is 1. The number of hydrogen-bond acceptors (Lipinski definition) is 3. The van der Waals surface area contributed by atoms with Gasteiger partial charge in [0.15, 0.2) is 6.29 Å². The van der Waals surface area contributed by atoms with Gasteiger partial charge in [-0.25, -0.2) is 0 Å². The van der Waals surface area contributed by atoms with Crippen LogP contribution < -0.4 is 5.73 Å². The Labute approximate surface area is 92.4 Å². The lowest BCUT2D eigenvalue weighted by Gasteiger charge is -2.02. The van der Waals surface area contributed by atoms with E-state index in [1.165, 1.54) is 11.3 Å². The molecule has 1 aromatic heterocycles. The van der Waals surface area contributed by atoms with E-state index in [-0.39, 0.29) is 0 Å². The number of hydrogen-bond donors (Lipinski definition) is 1. The van der Waals surface area contributed by atoms with Gasteiger partial charge in [0.25, 0.3) is 0 Å². The number of benzene rings is 1. The topological polar surface area (TPSA) is 43.1 Å². The molecule has 0 aliphatic carbocycles. The van der Waals surface area contributed by atoms with E-state index in [4.69, 9.17) is 5.73 Å². The van der Waals surface area contributed by atoms with Gasteiger partial charge in [-0.2, -0.15) is 0 Å². The highest BCUT2D eigenvalue weighted by molar-refractivity contribution is 7.12. The summed E-state index contributed by atoms with van der Waals surface area (Å²) in [6.07, 6.45) is 0.906. The van der Waals surface area contributed by atoms with Crippen molar-refractivity contribution in [1.82, 2.24) is 0 Å². The van der Waals surface area contributed by atoms with Crippen LogP contribution in [-0.2, 0) is 0 Å². The zero-order valence-corrected chi connectivity index (χ0v) is 9.17. The molecule has 0 unspecified atom stereocenters. The summed E-state index contributed by atoms with van der Waals surface area (Å²) in [6, 6.07) is 7.58. The molecule has 0 atom stereocenters. The van der Waals surface area contributed by atoms with E-state index in [9.17, 15) is 4.79 Å². The Bertz CT molecular complexity index is 485. The summed E-state index contributed by atoms with van der Waals surface area (Å²) < 4.78 is 0. The molecule has 2 rings (SSSR count). The SMILES string of the molecule is Cc1csc(C=O)c1-c1ccc(N)cc1. The van der Waals surface area contributed by atoms with E-state index >= 15 is 0 Å². The van der Waals surface area contributed by atoms with Crippen molar-refractivity contribution in [2.45, 2.75) is 6.92 Å². The predicted molar refractivity (Wildman–Crippen MR) is 64.3 cm³/mol. The number of nitrogens with two attached hydrogens (primary N) is 1. The van der Waals surface area contributed by atoms with Gasteiger partial charge in [0.1, 0.15) is 0 Å². The second kappa shape index (κ2) is 3.87. The fourth-order valence-electron chi connectivity index (χ4n) is 1.57. The predicted octanol–water partition coefficient (Wildman–Crippen LogP) is 3.12. The maximum Gasteiger partial charge on any atom is 0.160 e. The number of carbonyl (C=O) groups is 1. The molecule has 3 heteroatoms. The van der Waals surface area contributed by atoms with Crippen molar-refractivity contribution >= 4 is 23.3 Å². The second-order valence-electron chi connectivity index (χ2n) is 3.40. The number of aryl methyl sites for hydroxylation is 1. The molecular weight excluding hydrogens is 206 g/mol. The second-order valence-corrected chi connectivity index (χ2v) is 4.31. The van der Waals surface area contributed by atoms with Crippen LogP contribution in [-0.4, -0.2) is 6.29 Å². The van der Waals surface area contributed by atoms with Crippen LogP contribution >= 0.6 is 11.3 Å². The summed E-state index contributed by atoms with van der Waals surface area (Å²) in [5.74, 6) is 0. The first kappa shape index (κ1) is 9.93. The Morgan fingerprint density at radius 1 is 1.27 bits per heavy atom. The highest BCUT2D eigenvalue weighted by Gasteiger charge is 2.09. The van der Waals surface area contributed by atoms with Gasteiger partial charge in [-0.1, -0.05) is 12.1 Å². The van der Waals surface area contributed by atoms with Crippen LogP contribution in [0.4, 0.5) is 5.69 Å². The molecule has 0 fully saturated rings. The van der Waals surface area contributed by atoms with Crippen LogP contribution in [0.1, 0.15) is 15.2 Å². The molecule has 2 nitrogen and oxygen atoms in total. The van der Waals surface area contributed by atoms with Crippen LogP contribution in [0.15, 0.2) is 29.6 Å². The molecule has 1 aromatic carbocycles. The fraction of sp³-hybridized carbons (Fsp3) is 0.0833. The molecular formula is C12H11NOS. The van der Waals surface area contributed by atoms with E-state index < -0.39 is 0 Å². The zero-order chi connectivity index (χ0) is 10.8. The van der Waals surface area contributed by atoms with Gasteiger partial charge in [0.05, 0.1) is 4.88 Å². The van der Waals surface area contributed by atoms with Gasteiger partial charge in [-0.05, 0) is 35.6 Å². The van der Waals surface area contributed by atoms with Crippen LogP contribution in [0.3, 0.4) is 0 Å². The van der Waals surface area contributed by atoms with Crippen LogP contribution in [0.25, 0.3) is 11.1 Å². The number of rotatable bonds is 2. The van der Waals surface area contributed by atoms with Crippen molar-refractivity contribution in [3.63, 3.8) is 0 Å². The molecule has 0 saturated heterocycles. The van der Waals surface area contributed by atoms with Crippen molar-refractivity contribution in [1.29, 1.82) is 0 Å². The molecule has 15 heavy (non-hydrogen) atoms.